The Hall–Kier alpha value is -2.80. The largest absolute Gasteiger partial charge is 0.342 e. The molecular weight excluding hydrogens is 351 g/mol. The van der Waals surface area contributed by atoms with Crippen molar-refractivity contribution >= 4 is 33.9 Å². The molecule has 0 aliphatic heterocycles. The van der Waals surface area contributed by atoms with E-state index in [0.717, 1.165) is 0 Å². The standard InChI is InChI=1S/C19H19FN4OS/c1-3-24(19(26)21-13-9-8-12(2)15(20)10-13)11-17-22-16-7-5-4-6-14(16)18(25)23-17/h4-10H,3,11H2,1-2H3,(H,21,26)(H,22,23,25). The number of halogens is 1. The van der Waals surface area contributed by atoms with Gasteiger partial charge in [0, 0.05) is 12.2 Å². The Morgan fingerprint density at radius 1 is 1.31 bits per heavy atom. The van der Waals surface area contributed by atoms with Crippen LogP contribution in [-0.2, 0) is 6.54 Å². The molecule has 3 aromatic rings. The summed E-state index contributed by atoms with van der Waals surface area (Å²) < 4.78 is 13.7. The number of rotatable bonds is 4. The minimum absolute atomic E-state index is 0.180. The van der Waals surface area contributed by atoms with Crippen LogP contribution in [0.25, 0.3) is 10.9 Å². The molecule has 0 atom stereocenters. The van der Waals surface area contributed by atoms with Crippen LogP contribution in [-0.4, -0.2) is 26.5 Å². The van der Waals surface area contributed by atoms with Gasteiger partial charge in [-0.2, -0.15) is 0 Å². The molecule has 0 saturated heterocycles. The van der Waals surface area contributed by atoms with Gasteiger partial charge in [0.05, 0.1) is 17.4 Å². The molecule has 134 valence electrons. The first kappa shape index (κ1) is 18.0. The number of fused-ring (bicyclic) bond motifs is 1. The van der Waals surface area contributed by atoms with Crippen LogP contribution in [0.15, 0.2) is 47.3 Å². The number of benzene rings is 2. The minimum atomic E-state index is -0.290. The summed E-state index contributed by atoms with van der Waals surface area (Å²) in [6.07, 6.45) is 0. The van der Waals surface area contributed by atoms with E-state index in [4.69, 9.17) is 12.2 Å². The average molecular weight is 370 g/mol. The van der Waals surface area contributed by atoms with Gasteiger partial charge in [-0.15, -0.1) is 0 Å². The van der Waals surface area contributed by atoms with Gasteiger partial charge in [0.15, 0.2) is 5.11 Å². The molecular formula is C19H19FN4OS. The monoisotopic (exact) mass is 370 g/mol. The number of aromatic amines is 1. The Morgan fingerprint density at radius 2 is 2.08 bits per heavy atom. The Kier molecular flexibility index (Phi) is 5.27. The number of nitrogens with zero attached hydrogens (tertiary/aromatic N) is 2. The summed E-state index contributed by atoms with van der Waals surface area (Å²) in [5.74, 6) is 0.233. The van der Waals surface area contributed by atoms with Crippen molar-refractivity contribution in [2.45, 2.75) is 20.4 Å². The maximum atomic E-state index is 13.7. The molecule has 0 bridgehead atoms. The molecule has 1 heterocycles. The highest BCUT2D eigenvalue weighted by atomic mass is 32.1. The highest BCUT2D eigenvalue weighted by molar-refractivity contribution is 7.80. The van der Waals surface area contributed by atoms with Gasteiger partial charge in [-0.1, -0.05) is 18.2 Å². The number of aryl methyl sites for hydroxylation is 1. The van der Waals surface area contributed by atoms with Crippen molar-refractivity contribution in [2.75, 3.05) is 11.9 Å². The zero-order valence-corrected chi connectivity index (χ0v) is 15.4. The van der Waals surface area contributed by atoms with Crippen LogP contribution in [0.2, 0.25) is 0 Å². The molecule has 0 amide bonds. The van der Waals surface area contributed by atoms with E-state index in [1.807, 2.05) is 17.9 Å². The highest BCUT2D eigenvalue weighted by Gasteiger charge is 2.12. The predicted molar refractivity (Wildman–Crippen MR) is 106 cm³/mol. The molecule has 0 aliphatic rings. The van der Waals surface area contributed by atoms with Crippen molar-refractivity contribution in [3.8, 4) is 0 Å². The highest BCUT2D eigenvalue weighted by Crippen LogP contribution is 2.15. The summed E-state index contributed by atoms with van der Waals surface area (Å²) in [5, 5.41) is 4.02. The SMILES string of the molecule is CCN(Cc1nc2ccccc2c(=O)[nH]1)C(=S)Nc1ccc(C)c(F)c1. The lowest BCUT2D eigenvalue weighted by molar-refractivity contribution is 0.429. The van der Waals surface area contributed by atoms with E-state index in [0.29, 0.717) is 46.2 Å². The number of H-pyrrole nitrogens is 1. The third-order valence-corrected chi connectivity index (χ3v) is 4.45. The fourth-order valence-electron chi connectivity index (χ4n) is 2.59. The fraction of sp³-hybridized carbons (Fsp3) is 0.211. The summed E-state index contributed by atoms with van der Waals surface area (Å²) in [6.45, 7) is 4.61. The summed E-state index contributed by atoms with van der Waals surface area (Å²) in [7, 11) is 0. The zero-order valence-electron chi connectivity index (χ0n) is 14.5. The van der Waals surface area contributed by atoms with E-state index in [1.54, 1.807) is 37.3 Å². The molecule has 3 rings (SSSR count). The molecule has 0 unspecified atom stereocenters. The molecule has 1 aromatic heterocycles. The first-order valence-electron chi connectivity index (χ1n) is 8.28. The van der Waals surface area contributed by atoms with E-state index in [2.05, 4.69) is 15.3 Å². The molecule has 5 nitrogen and oxygen atoms in total. The van der Waals surface area contributed by atoms with Crippen molar-refractivity contribution in [3.05, 3.63) is 70.0 Å². The number of hydrogen-bond acceptors (Lipinski definition) is 3. The molecule has 26 heavy (non-hydrogen) atoms. The molecule has 0 aliphatic carbocycles. The van der Waals surface area contributed by atoms with Gasteiger partial charge in [-0.3, -0.25) is 4.79 Å². The maximum Gasteiger partial charge on any atom is 0.258 e. The second kappa shape index (κ2) is 7.61. The van der Waals surface area contributed by atoms with Gasteiger partial charge < -0.3 is 15.2 Å². The quantitative estimate of drug-likeness (QED) is 0.688. The molecule has 2 N–H and O–H groups in total. The Labute approximate surface area is 155 Å². The van der Waals surface area contributed by atoms with Gasteiger partial charge in [0.25, 0.3) is 5.56 Å². The topological polar surface area (TPSA) is 61.0 Å². The van der Waals surface area contributed by atoms with Crippen LogP contribution in [0.3, 0.4) is 0 Å². The second-order valence-electron chi connectivity index (χ2n) is 5.94. The summed E-state index contributed by atoms with van der Waals surface area (Å²) in [4.78, 5) is 21.3. The van der Waals surface area contributed by atoms with Crippen LogP contribution in [0.4, 0.5) is 10.1 Å². The van der Waals surface area contributed by atoms with Crippen LogP contribution >= 0.6 is 12.2 Å². The zero-order chi connectivity index (χ0) is 18.7. The number of thiocarbonyl (C=S) groups is 1. The lowest BCUT2D eigenvalue weighted by Gasteiger charge is -2.24. The van der Waals surface area contributed by atoms with Gasteiger partial charge in [-0.25, -0.2) is 9.37 Å². The van der Waals surface area contributed by atoms with Crippen molar-refractivity contribution in [2.24, 2.45) is 0 Å². The molecule has 2 aromatic carbocycles. The van der Waals surface area contributed by atoms with Crippen molar-refractivity contribution in [1.82, 2.24) is 14.9 Å². The van der Waals surface area contributed by atoms with Crippen molar-refractivity contribution < 1.29 is 4.39 Å². The Morgan fingerprint density at radius 3 is 2.81 bits per heavy atom. The third kappa shape index (κ3) is 3.88. The van der Waals surface area contributed by atoms with Crippen LogP contribution in [0.5, 0.6) is 0 Å². The normalized spacial score (nSPS) is 10.7. The van der Waals surface area contributed by atoms with Crippen LogP contribution < -0.4 is 10.9 Å². The van der Waals surface area contributed by atoms with Gasteiger partial charge >= 0.3 is 0 Å². The van der Waals surface area contributed by atoms with Gasteiger partial charge in [0.2, 0.25) is 0 Å². The molecule has 0 radical (unpaired) electrons. The molecule has 0 fully saturated rings. The first-order chi connectivity index (χ1) is 12.5. The van der Waals surface area contributed by atoms with Crippen molar-refractivity contribution in [1.29, 1.82) is 0 Å². The van der Waals surface area contributed by atoms with E-state index in [9.17, 15) is 9.18 Å². The van der Waals surface area contributed by atoms with E-state index >= 15 is 0 Å². The number of hydrogen-bond donors (Lipinski definition) is 2. The minimum Gasteiger partial charge on any atom is -0.342 e. The third-order valence-electron chi connectivity index (χ3n) is 4.09. The second-order valence-corrected chi connectivity index (χ2v) is 6.32. The van der Waals surface area contributed by atoms with Gasteiger partial charge in [0.1, 0.15) is 11.6 Å². The Balaban J connectivity index is 1.79. The van der Waals surface area contributed by atoms with E-state index in [1.165, 1.54) is 6.07 Å². The summed E-state index contributed by atoms with van der Waals surface area (Å²) in [6, 6.07) is 12.1. The molecule has 0 saturated carbocycles. The van der Waals surface area contributed by atoms with Gasteiger partial charge in [-0.05, 0) is 55.9 Å². The smallest absolute Gasteiger partial charge is 0.258 e. The predicted octanol–water partition coefficient (Wildman–Crippen LogP) is 3.59. The number of aromatic nitrogens is 2. The average Bonchev–Trinajstić information content (AvgIpc) is 2.62. The fourth-order valence-corrected chi connectivity index (χ4v) is 2.90. The summed E-state index contributed by atoms with van der Waals surface area (Å²) in [5.41, 5.74) is 1.62. The maximum absolute atomic E-state index is 13.7. The lowest BCUT2D eigenvalue weighted by atomic mass is 10.2. The van der Waals surface area contributed by atoms with E-state index < -0.39 is 0 Å². The number of anilines is 1. The number of nitrogens with one attached hydrogen (secondary N) is 2. The Bertz CT molecular complexity index is 1020. The number of para-hydroxylation sites is 1. The van der Waals surface area contributed by atoms with Crippen molar-refractivity contribution in [3.63, 3.8) is 0 Å². The molecule has 7 heteroatoms. The lowest BCUT2D eigenvalue weighted by Crippen LogP contribution is -2.35. The first-order valence-corrected chi connectivity index (χ1v) is 8.68. The van der Waals surface area contributed by atoms with Crippen LogP contribution in [0, 0.1) is 12.7 Å². The van der Waals surface area contributed by atoms with E-state index in [-0.39, 0.29) is 11.4 Å². The molecule has 0 spiro atoms. The van der Waals surface area contributed by atoms with Crippen LogP contribution in [0.1, 0.15) is 18.3 Å². The summed E-state index contributed by atoms with van der Waals surface area (Å²) >= 11 is 5.43.